The highest BCUT2D eigenvalue weighted by atomic mass is 79.9. The van der Waals surface area contributed by atoms with E-state index in [4.69, 9.17) is 4.74 Å². The average molecular weight is 712 g/mol. The summed E-state index contributed by atoms with van der Waals surface area (Å²) in [5.74, 6) is -3.62. The van der Waals surface area contributed by atoms with Gasteiger partial charge in [0.25, 0.3) is 5.92 Å². The number of carbonyl (C=O) groups excluding carboxylic acids is 1. The first-order valence-electron chi connectivity index (χ1n) is 16.1. The van der Waals surface area contributed by atoms with Crippen LogP contribution in [0.15, 0.2) is 82.2 Å². The third-order valence-corrected chi connectivity index (χ3v) is 11.9. The number of rotatable bonds is 8. The number of amides is 1. The van der Waals surface area contributed by atoms with E-state index in [0.29, 0.717) is 22.4 Å². The van der Waals surface area contributed by atoms with E-state index < -0.39 is 33.5 Å². The molecule has 3 unspecified atom stereocenters. The monoisotopic (exact) mass is 710 g/mol. The Balaban J connectivity index is 1.23. The molecule has 3 atom stereocenters. The molecule has 0 radical (unpaired) electrons. The third kappa shape index (κ3) is 6.04. The molecule has 1 saturated carbocycles. The number of piperidine rings is 1. The molecule has 4 aromatic rings. The van der Waals surface area contributed by atoms with Crippen molar-refractivity contribution < 1.29 is 26.7 Å². The fraction of sp³-hybridized carbons (Fsp3) is 0.417. The normalized spacial score (nSPS) is 22.9. The summed E-state index contributed by atoms with van der Waals surface area (Å²) in [6.45, 7) is 2.11. The lowest BCUT2D eigenvalue weighted by Crippen LogP contribution is -2.59. The highest BCUT2D eigenvalue weighted by Crippen LogP contribution is 2.42. The first-order valence-corrected chi connectivity index (χ1v) is 18.4. The number of carbonyl (C=O) groups is 1. The van der Waals surface area contributed by atoms with Crippen LogP contribution < -0.4 is 9.46 Å². The molecular formula is C36H37BrF2N2O4S. The van der Waals surface area contributed by atoms with Gasteiger partial charge in [0.1, 0.15) is 5.75 Å². The maximum atomic E-state index is 16.7. The van der Waals surface area contributed by atoms with Crippen molar-refractivity contribution in [3.63, 3.8) is 0 Å². The highest BCUT2D eigenvalue weighted by molar-refractivity contribution is 9.10. The molecule has 46 heavy (non-hydrogen) atoms. The molecule has 0 aromatic heterocycles. The van der Waals surface area contributed by atoms with Gasteiger partial charge in [0.15, 0.2) is 6.04 Å². The van der Waals surface area contributed by atoms with Gasteiger partial charge in [0.05, 0.1) is 11.0 Å². The van der Waals surface area contributed by atoms with Crippen LogP contribution in [0.2, 0.25) is 0 Å². The summed E-state index contributed by atoms with van der Waals surface area (Å²) in [7, 11) is -4.54. The van der Waals surface area contributed by atoms with E-state index in [-0.39, 0.29) is 23.1 Å². The smallest absolute Gasteiger partial charge is 0.298 e. The van der Waals surface area contributed by atoms with Crippen molar-refractivity contribution >= 4 is 53.4 Å². The molecule has 2 saturated heterocycles. The number of nitrogens with zero attached hydrogens (tertiary/aromatic N) is 1. The van der Waals surface area contributed by atoms with Crippen molar-refractivity contribution in [3.8, 4) is 5.75 Å². The summed E-state index contributed by atoms with van der Waals surface area (Å²) in [5.41, 5.74) is -0.422. The van der Waals surface area contributed by atoms with Gasteiger partial charge in [-0.15, -0.1) is 0 Å². The maximum absolute atomic E-state index is 16.7. The molecular weight excluding hydrogens is 674 g/mol. The Morgan fingerprint density at radius 1 is 0.870 bits per heavy atom. The summed E-state index contributed by atoms with van der Waals surface area (Å²) in [6, 6.07) is 16.7. The minimum Gasteiger partial charge on any atom is -0.490 e. The van der Waals surface area contributed by atoms with Crippen LogP contribution in [0.25, 0.3) is 21.5 Å². The van der Waals surface area contributed by atoms with Gasteiger partial charge in [-0.05, 0) is 121 Å². The standard InChI is InChI=1S/C36H37BrF2N2O4S/c1-22-16-29-12-13-30(17-22)41(29)35(42)34(36(38,39)27-10-6-24-19-28(37)11-7-23(24)18-27)40-46(43,44)33-15-9-25-20-32(14-8-26(25)21-33)45-31-4-2-3-5-31/h6-11,14-15,18-22,29-31,34,40H,2-5,12-13,16-17H2,1H3. The molecule has 1 aliphatic carbocycles. The van der Waals surface area contributed by atoms with Gasteiger partial charge in [0.2, 0.25) is 15.9 Å². The molecule has 0 spiro atoms. The van der Waals surface area contributed by atoms with E-state index in [1.165, 1.54) is 24.3 Å². The Morgan fingerprint density at radius 3 is 2.22 bits per heavy atom. The second-order valence-corrected chi connectivity index (χ2v) is 15.9. The van der Waals surface area contributed by atoms with Crippen molar-refractivity contribution in [1.82, 2.24) is 9.62 Å². The Hall–Kier alpha value is -3.08. The van der Waals surface area contributed by atoms with Crippen LogP contribution in [-0.2, 0) is 20.7 Å². The highest BCUT2D eigenvalue weighted by Gasteiger charge is 2.53. The van der Waals surface area contributed by atoms with E-state index in [9.17, 15) is 13.2 Å². The number of hydrogen-bond acceptors (Lipinski definition) is 4. The first-order chi connectivity index (χ1) is 22.0. The topological polar surface area (TPSA) is 75.7 Å². The second kappa shape index (κ2) is 12.2. The molecule has 2 aliphatic heterocycles. The number of sulfonamides is 1. The minimum atomic E-state index is -4.54. The molecule has 10 heteroatoms. The molecule has 2 heterocycles. The predicted octanol–water partition coefficient (Wildman–Crippen LogP) is 8.31. The third-order valence-electron chi connectivity index (χ3n) is 9.99. The molecule has 242 valence electrons. The van der Waals surface area contributed by atoms with E-state index >= 15 is 8.78 Å². The largest absolute Gasteiger partial charge is 0.490 e. The minimum absolute atomic E-state index is 0.181. The predicted molar refractivity (Wildman–Crippen MR) is 179 cm³/mol. The summed E-state index contributed by atoms with van der Waals surface area (Å²) in [4.78, 5) is 15.6. The van der Waals surface area contributed by atoms with Crippen LogP contribution in [0.5, 0.6) is 5.75 Å². The Bertz CT molecular complexity index is 1900. The van der Waals surface area contributed by atoms with Gasteiger partial charge in [-0.3, -0.25) is 4.79 Å². The molecule has 1 amide bonds. The van der Waals surface area contributed by atoms with Crippen molar-refractivity contribution in [2.75, 3.05) is 0 Å². The summed E-state index contributed by atoms with van der Waals surface area (Å²) in [5, 5.41) is 2.70. The van der Waals surface area contributed by atoms with E-state index in [0.717, 1.165) is 66.6 Å². The lowest BCUT2D eigenvalue weighted by Gasteiger charge is -2.41. The van der Waals surface area contributed by atoms with Crippen LogP contribution in [0, 0.1) is 5.92 Å². The van der Waals surface area contributed by atoms with E-state index in [1.807, 2.05) is 12.1 Å². The fourth-order valence-corrected chi connectivity index (χ4v) is 9.30. The summed E-state index contributed by atoms with van der Waals surface area (Å²) in [6.07, 6.45) is 7.39. The van der Waals surface area contributed by atoms with Gasteiger partial charge >= 0.3 is 0 Å². The average Bonchev–Trinajstić information content (AvgIpc) is 3.64. The summed E-state index contributed by atoms with van der Waals surface area (Å²) < 4.78 is 70.3. The lowest BCUT2D eigenvalue weighted by atomic mass is 9.90. The van der Waals surface area contributed by atoms with Crippen molar-refractivity contribution in [1.29, 1.82) is 0 Å². The zero-order valence-corrected chi connectivity index (χ0v) is 28.0. The zero-order chi connectivity index (χ0) is 32.2. The van der Waals surface area contributed by atoms with Crippen molar-refractivity contribution in [3.05, 3.63) is 82.8 Å². The number of benzene rings is 4. The Kier molecular flexibility index (Phi) is 8.34. The van der Waals surface area contributed by atoms with Gasteiger partial charge < -0.3 is 9.64 Å². The molecule has 7 rings (SSSR count). The summed E-state index contributed by atoms with van der Waals surface area (Å²) >= 11 is 3.41. The number of hydrogen-bond donors (Lipinski definition) is 1. The number of ether oxygens (including phenoxy) is 1. The van der Waals surface area contributed by atoms with Crippen molar-refractivity contribution in [2.24, 2.45) is 5.92 Å². The molecule has 1 N–H and O–H groups in total. The molecule has 3 fully saturated rings. The van der Waals surface area contributed by atoms with Crippen LogP contribution >= 0.6 is 15.9 Å². The molecule has 4 aromatic carbocycles. The van der Waals surface area contributed by atoms with E-state index in [1.54, 1.807) is 41.3 Å². The number of fused-ring (bicyclic) bond motifs is 4. The molecule has 2 bridgehead atoms. The van der Waals surface area contributed by atoms with Gasteiger partial charge in [0, 0.05) is 22.1 Å². The Morgan fingerprint density at radius 2 is 1.48 bits per heavy atom. The van der Waals surface area contributed by atoms with Crippen LogP contribution in [0.4, 0.5) is 8.78 Å². The lowest BCUT2D eigenvalue weighted by molar-refractivity contribution is -0.149. The van der Waals surface area contributed by atoms with Gasteiger partial charge in [-0.25, -0.2) is 8.42 Å². The van der Waals surface area contributed by atoms with Gasteiger partial charge in [-0.1, -0.05) is 53.2 Å². The van der Waals surface area contributed by atoms with Crippen LogP contribution in [0.3, 0.4) is 0 Å². The van der Waals surface area contributed by atoms with Gasteiger partial charge in [-0.2, -0.15) is 13.5 Å². The Labute approximate surface area is 276 Å². The molecule has 6 nitrogen and oxygen atoms in total. The number of alkyl halides is 2. The fourth-order valence-electron chi connectivity index (χ4n) is 7.69. The maximum Gasteiger partial charge on any atom is 0.298 e. The van der Waals surface area contributed by atoms with Crippen LogP contribution in [0.1, 0.15) is 63.9 Å². The number of nitrogens with one attached hydrogen (secondary N) is 1. The quantitative estimate of drug-likeness (QED) is 0.200. The second-order valence-electron chi connectivity index (χ2n) is 13.3. The molecule has 3 aliphatic rings. The SMILES string of the molecule is CC1CC2CCC(C1)N2C(=O)C(NS(=O)(=O)c1ccc2cc(OC3CCCC3)ccc2c1)C(F)(F)c1ccc2cc(Br)ccc2c1. The van der Waals surface area contributed by atoms with Crippen LogP contribution in [-0.4, -0.2) is 43.5 Å². The van der Waals surface area contributed by atoms with Crippen molar-refractivity contribution in [2.45, 2.75) is 93.3 Å². The zero-order valence-electron chi connectivity index (χ0n) is 25.6. The first kappa shape index (κ1) is 31.5. The van der Waals surface area contributed by atoms with E-state index in [2.05, 4.69) is 27.6 Å². The number of halogens is 3.